The summed E-state index contributed by atoms with van der Waals surface area (Å²) in [6.45, 7) is 6.46. The van der Waals surface area contributed by atoms with Crippen molar-refractivity contribution in [2.45, 2.75) is 39.0 Å². The minimum atomic E-state index is 0.0172. The predicted octanol–water partition coefficient (Wildman–Crippen LogP) is 4.56. The second-order valence-electron chi connectivity index (χ2n) is 6.33. The van der Waals surface area contributed by atoms with E-state index in [1.165, 1.54) is 5.56 Å². The molecular weight excluding hydrogens is 258 g/mol. The van der Waals surface area contributed by atoms with Crippen molar-refractivity contribution in [2.24, 2.45) is 0 Å². The molecule has 2 aromatic carbocycles. The Labute approximate surface area is 127 Å². The number of benzene rings is 2. The van der Waals surface area contributed by atoms with Crippen molar-refractivity contribution < 1.29 is 4.79 Å². The van der Waals surface area contributed by atoms with E-state index in [2.05, 4.69) is 44.3 Å². The molecule has 0 aliphatic carbocycles. The third kappa shape index (κ3) is 4.45. The van der Waals surface area contributed by atoms with Crippen molar-refractivity contribution in [2.75, 3.05) is 5.32 Å². The lowest BCUT2D eigenvalue weighted by molar-refractivity contribution is -0.116. The molecule has 2 aromatic rings. The van der Waals surface area contributed by atoms with Crippen molar-refractivity contribution in [3.05, 3.63) is 65.7 Å². The largest absolute Gasteiger partial charge is 0.326 e. The van der Waals surface area contributed by atoms with Gasteiger partial charge in [-0.15, -0.1) is 0 Å². The molecule has 0 bridgehead atoms. The van der Waals surface area contributed by atoms with Gasteiger partial charge in [0.05, 0.1) is 0 Å². The minimum Gasteiger partial charge on any atom is -0.326 e. The Kier molecular flexibility index (Phi) is 4.79. The van der Waals surface area contributed by atoms with E-state index < -0.39 is 0 Å². The number of nitrogens with one attached hydrogen (secondary N) is 1. The van der Waals surface area contributed by atoms with Crippen LogP contribution >= 0.6 is 0 Å². The van der Waals surface area contributed by atoms with Crippen LogP contribution in [0.2, 0.25) is 0 Å². The Morgan fingerprint density at radius 2 is 1.57 bits per heavy atom. The third-order valence-electron chi connectivity index (χ3n) is 3.49. The molecule has 0 aliphatic rings. The van der Waals surface area contributed by atoms with Crippen molar-refractivity contribution in [3.63, 3.8) is 0 Å². The summed E-state index contributed by atoms with van der Waals surface area (Å²) in [6.07, 6.45) is 1.27. The average molecular weight is 281 g/mol. The quantitative estimate of drug-likeness (QED) is 0.874. The maximum absolute atomic E-state index is 12.2. The third-order valence-corrected chi connectivity index (χ3v) is 3.49. The van der Waals surface area contributed by atoms with Crippen LogP contribution in [0, 0.1) is 0 Å². The summed E-state index contributed by atoms with van der Waals surface area (Å²) in [7, 11) is 0. The van der Waals surface area contributed by atoms with Gasteiger partial charge in [-0.3, -0.25) is 4.79 Å². The zero-order chi connectivity index (χ0) is 15.3. The van der Waals surface area contributed by atoms with Crippen molar-refractivity contribution >= 4 is 11.6 Å². The van der Waals surface area contributed by atoms with Gasteiger partial charge < -0.3 is 5.32 Å². The van der Waals surface area contributed by atoms with Gasteiger partial charge in [0.25, 0.3) is 0 Å². The van der Waals surface area contributed by atoms with Crippen LogP contribution in [0.25, 0.3) is 0 Å². The molecule has 0 spiro atoms. The number of aryl methyl sites for hydroxylation is 1. The molecule has 1 N–H and O–H groups in total. The smallest absolute Gasteiger partial charge is 0.224 e. The van der Waals surface area contributed by atoms with Gasteiger partial charge in [0, 0.05) is 12.1 Å². The van der Waals surface area contributed by atoms with Gasteiger partial charge in [-0.1, -0.05) is 69.3 Å². The summed E-state index contributed by atoms with van der Waals surface area (Å²) in [4.78, 5) is 12.2. The van der Waals surface area contributed by atoms with Crippen molar-refractivity contribution in [1.82, 2.24) is 0 Å². The Morgan fingerprint density at radius 3 is 2.24 bits per heavy atom. The Balaban J connectivity index is 2.00. The van der Waals surface area contributed by atoms with E-state index in [1.807, 2.05) is 36.4 Å². The van der Waals surface area contributed by atoms with Crippen LogP contribution in [0.5, 0.6) is 0 Å². The molecular formula is C19H23NO. The molecule has 0 saturated carbocycles. The zero-order valence-corrected chi connectivity index (χ0v) is 13.0. The molecule has 0 fully saturated rings. The minimum absolute atomic E-state index is 0.0172. The first kappa shape index (κ1) is 15.3. The zero-order valence-electron chi connectivity index (χ0n) is 13.0. The summed E-state index contributed by atoms with van der Waals surface area (Å²) >= 11 is 0. The maximum Gasteiger partial charge on any atom is 0.224 e. The number of rotatable bonds is 4. The van der Waals surface area contributed by atoms with E-state index in [1.54, 1.807) is 0 Å². The number of anilines is 1. The molecule has 0 aromatic heterocycles. The predicted molar refractivity (Wildman–Crippen MR) is 88.5 cm³/mol. The molecule has 2 rings (SSSR count). The molecule has 21 heavy (non-hydrogen) atoms. The van der Waals surface area contributed by atoms with Crippen LogP contribution in [0.3, 0.4) is 0 Å². The number of para-hydroxylation sites is 1. The van der Waals surface area contributed by atoms with E-state index in [4.69, 9.17) is 0 Å². The first-order chi connectivity index (χ1) is 9.97. The Bertz CT molecular complexity index is 596. The van der Waals surface area contributed by atoms with Gasteiger partial charge >= 0.3 is 0 Å². The molecule has 0 unspecified atom stereocenters. The Hall–Kier alpha value is -2.09. The molecule has 110 valence electrons. The van der Waals surface area contributed by atoms with Gasteiger partial charge in [-0.05, 0) is 29.0 Å². The van der Waals surface area contributed by atoms with Crippen LogP contribution in [-0.2, 0) is 16.6 Å². The Morgan fingerprint density at radius 1 is 0.952 bits per heavy atom. The molecule has 0 radical (unpaired) electrons. The topological polar surface area (TPSA) is 29.1 Å². The summed E-state index contributed by atoms with van der Waals surface area (Å²) in [5, 5.41) is 3.05. The second kappa shape index (κ2) is 6.57. The van der Waals surface area contributed by atoms with Gasteiger partial charge in [0.2, 0.25) is 5.91 Å². The maximum atomic E-state index is 12.2. The molecule has 0 heterocycles. The van der Waals surface area contributed by atoms with Crippen molar-refractivity contribution in [1.29, 1.82) is 0 Å². The lowest BCUT2D eigenvalue weighted by atomic mass is 9.86. The molecule has 0 atom stereocenters. The van der Waals surface area contributed by atoms with Gasteiger partial charge in [0.15, 0.2) is 0 Å². The highest BCUT2D eigenvalue weighted by Crippen LogP contribution is 2.29. The summed E-state index contributed by atoms with van der Waals surface area (Å²) in [5.41, 5.74) is 3.29. The number of carbonyl (C=O) groups excluding carboxylic acids is 1. The molecule has 1 amide bonds. The van der Waals surface area contributed by atoms with E-state index in [9.17, 15) is 4.79 Å². The first-order valence-corrected chi connectivity index (χ1v) is 7.40. The fourth-order valence-electron chi connectivity index (χ4n) is 2.36. The lowest BCUT2D eigenvalue weighted by Crippen LogP contribution is -2.18. The molecule has 0 aliphatic heterocycles. The molecule has 2 heteroatoms. The second-order valence-corrected chi connectivity index (χ2v) is 6.33. The fourth-order valence-corrected chi connectivity index (χ4v) is 2.36. The number of amides is 1. The molecule has 0 saturated heterocycles. The van der Waals surface area contributed by atoms with Gasteiger partial charge in [-0.25, -0.2) is 0 Å². The van der Waals surface area contributed by atoms with Gasteiger partial charge in [-0.2, -0.15) is 0 Å². The number of hydrogen-bond donors (Lipinski definition) is 1. The fraction of sp³-hybridized carbons (Fsp3) is 0.316. The van der Waals surface area contributed by atoms with Crippen LogP contribution in [0.1, 0.15) is 38.3 Å². The SMILES string of the molecule is CC(C)(C)c1ccccc1NC(=O)CCc1ccccc1. The highest BCUT2D eigenvalue weighted by molar-refractivity contribution is 5.91. The highest BCUT2D eigenvalue weighted by atomic mass is 16.1. The first-order valence-electron chi connectivity index (χ1n) is 7.40. The van der Waals surface area contributed by atoms with E-state index in [0.717, 1.165) is 17.7 Å². The van der Waals surface area contributed by atoms with E-state index in [0.29, 0.717) is 6.42 Å². The lowest BCUT2D eigenvalue weighted by Gasteiger charge is -2.23. The number of carbonyl (C=O) groups is 1. The van der Waals surface area contributed by atoms with Gasteiger partial charge in [0.1, 0.15) is 0 Å². The van der Waals surface area contributed by atoms with E-state index >= 15 is 0 Å². The average Bonchev–Trinajstić information content (AvgIpc) is 2.46. The van der Waals surface area contributed by atoms with Crippen LogP contribution in [0.4, 0.5) is 5.69 Å². The summed E-state index contributed by atoms with van der Waals surface area (Å²) in [5.74, 6) is 0.0653. The normalized spacial score (nSPS) is 11.2. The monoisotopic (exact) mass is 281 g/mol. The van der Waals surface area contributed by atoms with Crippen LogP contribution < -0.4 is 5.32 Å². The summed E-state index contributed by atoms with van der Waals surface area (Å²) in [6, 6.07) is 18.1. The van der Waals surface area contributed by atoms with E-state index in [-0.39, 0.29) is 11.3 Å². The van der Waals surface area contributed by atoms with Crippen LogP contribution in [-0.4, -0.2) is 5.91 Å². The molecule has 2 nitrogen and oxygen atoms in total. The standard InChI is InChI=1S/C19H23NO/c1-19(2,3)16-11-7-8-12-17(16)20-18(21)14-13-15-9-5-4-6-10-15/h4-12H,13-14H2,1-3H3,(H,20,21). The van der Waals surface area contributed by atoms with Crippen LogP contribution in [0.15, 0.2) is 54.6 Å². The number of hydrogen-bond acceptors (Lipinski definition) is 1. The summed E-state index contributed by atoms with van der Waals surface area (Å²) < 4.78 is 0. The highest BCUT2D eigenvalue weighted by Gasteiger charge is 2.18. The van der Waals surface area contributed by atoms with Crippen molar-refractivity contribution in [3.8, 4) is 0 Å².